The zero-order chi connectivity index (χ0) is 12.0. The van der Waals surface area contributed by atoms with Crippen LogP contribution >= 0.6 is 0 Å². The first-order chi connectivity index (χ1) is 7.67. The van der Waals surface area contributed by atoms with Gasteiger partial charge < -0.3 is 10.1 Å². The Bertz CT molecular complexity index is 357. The Morgan fingerprint density at radius 2 is 2.12 bits per heavy atom. The second-order valence-electron chi connectivity index (χ2n) is 3.47. The Labute approximate surface area is 96.1 Å². The molecule has 0 aliphatic carbocycles. The van der Waals surface area contributed by atoms with Crippen molar-refractivity contribution in [3.63, 3.8) is 0 Å². The first-order valence-electron chi connectivity index (χ1n) is 5.33. The van der Waals surface area contributed by atoms with Crippen molar-refractivity contribution in [3.8, 4) is 0 Å². The van der Waals surface area contributed by atoms with Crippen molar-refractivity contribution >= 4 is 11.7 Å². The van der Waals surface area contributed by atoms with Crippen molar-refractivity contribution in [2.45, 2.75) is 19.9 Å². The summed E-state index contributed by atoms with van der Waals surface area (Å²) in [5.74, 6) is -0.286. The van der Waals surface area contributed by atoms with E-state index in [9.17, 15) is 4.79 Å². The first kappa shape index (κ1) is 12.3. The standard InChI is InChI=1S/C13H17NO2/c1-4-10(3)14-12-8-6-11(7-9-12)13(15)16-5-2/h4,6-10,14H,1,5H2,2-3H3. The number of rotatable bonds is 5. The Kier molecular flexibility index (Phi) is 4.58. The van der Waals surface area contributed by atoms with Crippen LogP contribution in [0.4, 0.5) is 5.69 Å². The van der Waals surface area contributed by atoms with E-state index in [2.05, 4.69) is 11.9 Å². The van der Waals surface area contributed by atoms with Crippen molar-refractivity contribution in [2.75, 3.05) is 11.9 Å². The minimum absolute atomic E-state index is 0.202. The number of nitrogens with one attached hydrogen (secondary N) is 1. The van der Waals surface area contributed by atoms with Gasteiger partial charge in [0.1, 0.15) is 0 Å². The van der Waals surface area contributed by atoms with Gasteiger partial charge in [-0.1, -0.05) is 6.08 Å². The largest absolute Gasteiger partial charge is 0.462 e. The molecule has 1 atom stereocenters. The summed E-state index contributed by atoms with van der Waals surface area (Å²) >= 11 is 0. The van der Waals surface area contributed by atoms with E-state index in [1.54, 1.807) is 19.1 Å². The van der Waals surface area contributed by atoms with Crippen molar-refractivity contribution in [1.29, 1.82) is 0 Å². The summed E-state index contributed by atoms with van der Waals surface area (Å²) in [6.07, 6.45) is 1.82. The minimum Gasteiger partial charge on any atom is -0.462 e. The highest BCUT2D eigenvalue weighted by atomic mass is 16.5. The maximum Gasteiger partial charge on any atom is 0.338 e. The van der Waals surface area contributed by atoms with Gasteiger partial charge in [-0.15, -0.1) is 6.58 Å². The molecular formula is C13H17NO2. The molecule has 0 radical (unpaired) electrons. The molecule has 1 N–H and O–H groups in total. The Balaban J connectivity index is 2.67. The number of carbonyl (C=O) groups excluding carboxylic acids is 1. The lowest BCUT2D eigenvalue weighted by Crippen LogP contribution is -2.11. The highest BCUT2D eigenvalue weighted by Crippen LogP contribution is 2.11. The molecule has 1 aromatic rings. The van der Waals surface area contributed by atoms with E-state index in [1.807, 2.05) is 25.1 Å². The predicted molar refractivity (Wildman–Crippen MR) is 65.7 cm³/mol. The third-order valence-corrected chi connectivity index (χ3v) is 2.14. The molecule has 0 amide bonds. The Morgan fingerprint density at radius 1 is 1.50 bits per heavy atom. The van der Waals surface area contributed by atoms with Gasteiger partial charge in [-0.25, -0.2) is 4.79 Å². The summed E-state index contributed by atoms with van der Waals surface area (Å²) in [5.41, 5.74) is 1.53. The summed E-state index contributed by atoms with van der Waals surface area (Å²) < 4.78 is 4.89. The number of hydrogen-bond donors (Lipinski definition) is 1. The Morgan fingerprint density at radius 3 is 2.62 bits per heavy atom. The van der Waals surface area contributed by atoms with E-state index < -0.39 is 0 Å². The van der Waals surface area contributed by atoms with Crippen LogP contribution in [0, 0.1) is 0 Å². The van der Waals surface area contributed by atoms with Gasteiger partial charge in [-0.05, 0) is 38.1 Å². The number of esters is 1. The van der Waals surface area contributed by atoms with Crippen molar-refractivity contribution in [1.82, 2.24) is 0 Å². The van der Waals surface area contributed by atoms with Crippen molar-refractivity contribution in [2.24, 2.45) is 0 Å². The van der Waals surface area contributed by atoms with Gasteiger partial charge in [0.25, 0.3) is 0 Å². The third-order valence-electron chi connectivity index (χ3n) is 2.14. The molecular weight excluding hydrogens is 202 g/mol. The smallest absolute Gasteiger partial charge is 0.338 e. The topological polar surface area (TPSA) is 38.3 Å². The molecule has 0 aliphatic heterocycles. The fourth-order valence-electron chi connectivity index (χ4n) is 1.24. The van der Waals surface area contributed by atoms with E-state index in [0.717, 1.165) is 5.69 Å². The maximum absolute atomic E-state index is 11.4. The molecule has 0 aliphatic rings. The van der Waals surface area contributed by atoms with Crippen molar-refractivity contribution in [3.05, 3.63) is 42.5 Å². The zero-order valence-corrected chi connectivity index (χ0v) is 9.69. The summed E-state index contributed by atoms with van der Waals surface area (Å²) in [6, 6.07) is 7.40. The van der Waals surface area contributed by atoms with Gasteiger partial charge in [-0.3, -0.25) is 0 Å². The van der Waals surface area contributed by atoms with E-state index >= 15 is 0 Å². The summed E-state index contributed by atoms with van der Waals surface area (Å²) in [4.78, 5) is 11.4. The molecule has 0 saturated carbocycles. The lowest BCUT2D eigenvalue weighted by molar-refractivity contribution is 0.0526. The van der Waals surface area contributed by atoms with E-state index in [1.165, 1.54) is 0 Å². The average Bonchev–Trinajstić information content (AvgIpc) is 2.30. The maximum atomic E-state index is 11.4. The zero-order valence-electron chi connectivity index (χ0n) is 9.69. The number of ether oxygens (including phenoxy) is 1. The van der Waals surface area contributed by atoms with Crippen LogP contribution < -0.4 is 5.32 Å². The highest BCUT2D eigenvalue weighted by molar-refractivity contribution is 5.89. The molecule has 0 fully saturated rings. The molecule has 1 rings (SSSR count). The molecule has 0 spiro atoms. The van der Waals surface area contributed by atoms with Crippen LogP contribution in [-0.4, -0.2) is 18.6 Å². The number of anilines is 1. The quantitative estimate of drug-likeness (QED) is 0.611. The number of carbonyl (C=O) groups is 1. The molecule has 3 nitrogen and oxygen atoms in total. The van der Waals surface area contributed by atoms with Gasteiger partial charge in [0.15, 0.2) is 0 Å². The molecule has 16 heavy (non-hydrogen) atoms. The summed E-state index contributed by atoms with van der Waals surface area (Å²) in [5, 5.41) is 3.22. The average molecular weight is 219 g/mol. The van der Waals surface area contributed by atoms with Crippen LogP contribution in [0.5, 0.6) is 0 Å². The van der Waals surface area contributed by atoms with E-state index in [0.29, 0.717) is 12.2 Å². The molecule has 0 saturated heterocycles. The van der Waals surface area contributed by atoms with Gasteiger partial charge >= 0.3 is 5.97 Å². The predicted octanol–water partition coefficient (Wildman–Crippen LogP) is 2.85. The lowest BCUT2D eigenvalue weighted by atomic mass is 10.2. The highest BCUT2D eigenvalue weighted by Gasteiger charge is 2.05. The normalized spacial score (nSPS) is 11.6. The first-order valence-corrected chi connectivity index (χ1v) is 5.33. The summed E-state index contributed by atoms with van der Waals surface area (Å²) in [6.45, 7) is 7.88. The molecule has 0 bridgehead atoms. The third kappa shape index (κ3) is 3.42. The Hall–Kier alpha value is -1.77. The summed E-state index contributed by atoms with van der Waals surface area (Å²) in [7, 11) is 0. The monoisotopic (exact) mass is 219 g/mol. The van der Waals surface area contributed by atoms with Gasteiger partial charge in [0.05, 0.1) is 12.2 Å². The van der Waals surface area contributed by atoms with Crippen LogP contribution in [0.25, 0.3) is 0 Å². The molecule has 1 unspecified atom stereocenters. The molecule has 0 aromatic heterocycles. The van der Waals surface area contributed by atoms with Crippen LogP contribution in [0.1, 0.15) is 24.2 Å². The lowest BCUT2D eigenvalue weighted by Gasteiger charge is -2.10. The van der Waals surface area contributed by atoms with E-state index in [4.69, 9.17) is 4.74 Å². The number of benzene rings is 1. The SMILES string of the molecule is C=CC(C)Nc1ccc(C(=O)OCC)cc1. The minimum atomic E-state index is -0.286. The fraction of sp³-hybridized carbons (Fsp3) is 0.308. The molecule has 3 heteroatoms. The fourth-order valence-corrected chi connectivity index (χ4v) is 1.24. The van der Waals surface area contributed by atoms with Gasteiger partial charge in [0.2, 0.25) is 0 Å². The molecule has 0 heterocycles. The molecule has 86 valence electrons. The second kappa shape index (κ2) is 5.95. The molecule has 1 aromatic carbocycles. The second-order valence-corrected chi connectivity index (χ2v) is 3.47. The van der Waals surface area contributed by atoms with Crippen LogP contribution in [0.2, 0.25) is 0 Å². The van der Waals surface area contributed by atoms with E-state index in [-0.39, 0.29) is 12.0 Å². The van der Waals surface area contributed by atoms with Crippen molar-refractivity contribution < 1.29 is 9.53 Å². The van der Waals surface area contributed by atoms with Crippen LogP contribution in [0.15, 0.2) is 36.9 Å². The van der Waals surface area contributed by atoms with Crippen LogP contribution in [-0.2, 0) is 4.74 Å². The number of hydrogen-bond acceptors (Lipinski definition) is 3. The van der Waals surface area contributed by atoms with Crippen LogP contribution in [0.3, 0.4) is 0 Å². The van der Waals surface area contributed by atoms with Gasteiger partial charge in [0, 0.05) is 11.7 Å². The van der Waals surface area contributed by atoms with Gasteiger partial charge in [-0.2, -0.15) is 0 Å².